The lowest BCUT2D eigenvalue weighted by Crippen LogP contribution is -2.33. The van der Waals surface area contributed by atoms with E-state index in [2.05, 4.69) is 15.6 Å². The molecular formula is C18H26N4O2. The number of alkyl carbamates (subject to hydrolysis) is 1. The lowest BCUT2D eigenvalue weighted by molar-refractivity contribution is 0.0527. The normalized spacial score (nSPS) is 11.5. The number of hydrogen-bond acceptors (Lipinski definition) is 5. The van der Waals surface area contributed by atoms with E-state index >= 15 is 0 Å². The fraction of sp³-hybridized carbons (Fsp3) is 0.444. The standard InChI is InChI=1S/C18H26N4O2/c1-18(2,3)24-17(23)21-10-6-9-20-11-14-13-7-4-5-8-16(13)22-12-15(14)19/h4-5,7-8,12,20H,6,9-11,19H2,1-3H3,(H,21,23). The average molecular weight is 330 g/mol. The summed E-state index contributed by atoms with van der Waals surface area (Å²) in [6, 6.07) is 7.95. The number of pyridine rings is 1. The summed E-state index contributed by atoms with van der Waals surface area (Å²) in [7, 11) is 0. The van der Waals surface area contributed by atoms with Gasteiger partial charge in [-0.1, -0.05) is 18.2 Å². The van der Waals surface area contributed by atoms with E-state index in [-0.39, 0.29) is 6.09 Å². The second kappa shape index (κ2) is 7.97. The molecule has 0 unspecified atom stereocenters. The Morgan fingerprint density at radius 1 is 1.25 bits per heavy atom. The molecule has 0 radical (unpaired) electrons. The molecule has 0 fully saturated rings. The molecule has 1 aromatic carbocycles. The first-order chi connectivity index (χ1) is 11.4. The highest BCUT2D eigenvalue weighted by atomic mass is 16.6. The molecular weight excluding hydrogens is 304 g/mol. The molecule has 6 heteroatoms. The number of carbonyl (C=O) groups excluding carboxylic acids is 1. The number of carbonyl (C=O) groups is 1. The van der Waals surface area contributed by atoms with E-state index in [9.17, 15) is 4.79 Å². The average Bonchev–Trinajstić information content (AvgIpc) is 2.50. The van der Waals surface area contributed by atoms with Crippen LogP contribution in [0, 0.1) is 0 Å². The number of amides is 1. The third-order valence-electron chi connectivity index (χ3n) is 3.42. The zero-order valence-corrected chi connectivity index (χ0v) is 14.6. The summed E-state index contributed by atoms with van der Waals surface area (Å²) in [5.41, 5.74) is 8.26. The molecule has 1 amide bonds. The Bertz CT molecular complexity index is 695. The van der Waals surface area contributed by atoms with E-state index in [4.69, 9.17) is 10.5 Å². The molecule has 130 valence electrons. The molecule has 0 spiro atoms. The van der Waals surface area contributed by atoms with Crippen molar-refractivity contribution in [3.05, 3.63) is 36.0 Å². The number of benzene rings is 1. The first kappa shape index (κ1) is 18.0. The molecule has 0 saturated heterocycles. The van der Waals surface area contributed by atoms with Crippen LogP contribution < -0.4 is 16.4 Å². The smallest absolute Gasteiger partial charge is 0.407 e. The number of rotatable bonds is 6. The van der Waals surface area contributed by atoms with E-state index < -0.39 is 5.60 Å². The Morgan fingerprint density at radius 2 is 2.00 bits per heavy atom. The summed E-state index contributed by atoms with van der Waals surface area (Å²) >= 11 is 0. The number of para-hydroxylation sites is 1. The minimum atomic E-state index is -0.470. The minimum absolute atomic E-state index is 0.383. The van der Waals surface area contributed by atoms with Crippen molar-refractivity contribution in [2.45, 2.75) is 39.3 Å². The minimum Gasteiger partial charge on any atom is -0.444 e. The SMILES string of the molecule is CC(C)(C)OC(=O)NCCCNCc1c(N)cnc2ccccc12. The molecule has 2 aromatic rings. The van der Waals surface area contributed by atoms with Crippen LogP contribution in [0.3, 0.4) is 0 Å². The van der Waals surface area contributed by atoms with Crippen molar-refractivity contribution < 1.29 is 9.53 Å². The first-order valence-electron chi connectivity index (χ1n) is 8.16. The van der Waals surface area contributed by atoms with Crippen molar-refractivity contribution in [3.63, 3.8) is 0 Å². The zero-order chi connectivity index (χ0) is 17.6. The van der Waals surface area contributed by atoms with E-state index in [1.54, 1.807) is 6.20 Å². The van der Waals surface area contributed by atoms with Gasteiger partial charge >= 0.3 is 6.09 Å². The van der Waals surface area contributed by atoms with Crippen molar-refractivity contribution in [2.75, 3.05) is 18.8 Å². The number of nitrogen functional groups attached to an aromatic ring is 1. The zero-order valence-electron chi connectivity index (χ0n) is 14.6. The summed E-state index contributed by atoms with van der Waals surface area (Å²) in [6.07, 6.45) is 2.12. The molecule has 4 N–H and O–H groups in total. The third kappa shape index (κ3) is 5.38. The van der Waals surface area contributed by atoms with E-state index in [0.717, 1.165) is 29.4 Å². The molecule has 0 aliphatic carbocycles. The highest BCUT2D eigenvalue weighted by Crippen LogP contribution is 2.21. The van der Waals surface area contributed by atoms with Crippen molar-refractivity contribution in [3.8, 4) is 0 Å². The van der Waals surface area contributed by atoms with Gasteiger partial charge in [0.05, 0.1) is 17.4 Å². The summed E-state index contributed by atoms with van der Waals surface area (Å²) in [5, 5.41) is 7.17. The molecule has 24 heavy (non-hydrogen) atoms. The van der Waals surface area contributed by atoms with Gasteiger partial charge in [-0.25, -0.2) is 4.79 Å². The molecule has 0 aliphatic heterocycles. The molecule has 2 rings (SSSR count). The van der Waals surface area contributed by atoms with Gasteiger partial charge in [0, 0.05) is 18.5 Å². The Morgan fingerprint density at radius 3 is 2.75 bits per heavy atom. The predicted octanol–water partition coefficient (Wildman–Crippen LogP) is 2.82. The maximum Gasteiger partial charge on any atom is 0.407 e. The largest absolute Gasteiger partial charge is 0.444 e. The summed E-state index contributed by atoms with van der Waals surface area (Å²) in [4.78, 5) is 15.9. The van der Waals surface area contributed by atoms with Crippen LogP contribution in [0.25, 0.3) is 10.9 Å². The van der Waals surface area contributed by atoms with Crippen LogP contribution in [-0.2, 0) is 11.3 Å². The highest BCUT2D eigenvalue weighted by Gasteiger charge is 2.15. The maximum absolute atomic E-state index is 11.5. The van der Waals surface area contributed by atoms with E-state index in [1.807, 2.05) is 45.0 Å². The van der Waals surface area contributed by atoms with Crippen molar-refractivity contribution in [1.82, 2.24) is 15.6 Å². The maximum atomic E-state index is 11.5. The molecule has 0 saturated carbocycles. The van der Waals surface area contributed by atoms with Crippen molar-refractivity contribution in [1.29, 1.82) is 0 Å². The van der Waals surface area contributed by atoms with Gasteiger partial charge < -0.3 is 21.1 Å². The number of nitrogens with zero attached hydrogens (tertiary/aromatic N) is 1. The molecule has 1 heterocycles. The van der Waals surface area contributed by atoms with Crippen LogP contribution in [0.4, 0.5) is 10.5 Å². The van der Waals surface area contributed by atoms with Crippen LogP contribution in [0.2, 0.25) is 0 Å². The second-order valence-corrected chi connectivity index (χ2v) is 6.67. The first-order valence-corrected chi connectivity index (χ1v) is 8.16. The summed E-state index contributed by atoms with van der Waals surface area (Å²) in [6.45, 7) is 7.54. The number of ether oxygens (including phenoxy) is 1. The number of fused-ring (bicyclic) bond motifs is 1. The predicted molar refractivity (Wildman–Crippen MR) is 96.7 cm³/mol. The molecule has 6 nitrogen and oxygen atoms in total. The van der Waals surface area contributed by atoms with Gasteiger partial charge in [0.25, 0.3) is 0 Å². The van der Waals surface area contributed by atoms with Gasteiger partial charge in [0.15, 0.2) is 0 Å². The topological polar surface area (TPSA) is 89.3 Å². The molecule has 0 atom stereocenters. The van der Waals surface area contributed by atoms with Gasteiger partial charge in [0.1, 0.15) is 5.60 Å². The van der Waals surface area contributed by atoms with Crippen molar-refractivity contribution >= 4 is 22.7 Å². The quantitative estimate of drug-likeness (QED) is 0.709. The van der Waals surface area contributed by atoms with Crippen LogP contribution in [0.5, 0.6) is 0 Å². The van der Waals surface area contributed by atoms with Crippen LogP contribution in [0.1, 0.15) is 32.8 Å². The monoisotopic (exact) mass is 330 g/mol. The van der Waals surface area contributed by atoms with E-state index in [1.165, 1.54) is 0 Å². The van der Waals surface area contributed by atoms with Gasteiger partial charge in [0.2, 0.25) is 0 Å². The van der Waals surface area contributed by atoms with Gasteiger partial charge in [-0.2, -0.15) is 0 Å². The molecule has 0 bridgehead atoms. The van der Waals surface area contributed by atoms with Crippen molar-refractivity contribution in [2.24, 2.45) is 0 Å². The summed E-state index contributed by atoms with van der Waals surface area (Å²) < 4.78 is 5.18. The Labute approximate surface area is 142 Å². The lowest BCUT2D eigenvalue weighted by Gasteiger charge is -2.19. The lowest BCUT2D eigenvalue weighted by atomic mass is 10.1. The molecule has 1 aromatic heterocycles. The molecule has 0 aliphatic rings. The number of hydrogen-bond donors (Lipinski definition) is 3. The fourth-order valence-electron chi connectivity index (χ4n) is 2.34. The van der Waals surface area contributed by atoms with Gasteiger partial charge in [-0.15, -0.1) is 0 Å². The number of anilines is 1. The van der Waals surface area contributed by atoms with Crippen LogP contribution >= 0.6 is 0 Å². The number of aromatic nitrogens is 1. The second-order valence-electron chi connectivity index (χ2n) is 6.67. The number of nitrogens with one attached hydrogen (secondary N) is 2. The number of nitrogens with two attached hydrogens (primary N) is 1. The Hall–Kier alpha value is -2.34. The van der Waals surface area contributed by atoms with Gasteiger partial charge in [-0.3, -0.25) is 4.98 Å². The van der Waals surface area contributed by atoms with Gasteiger partial charge in [-0.05, 0) is 45.4 Å². The summed E-state index contributed by atoms with van der Waals surface area (Å²) in [5.74, 6) is 0. The Balaban J connectivity index is 1.75. The van der Waals surface area contributed by atoms with E-state index in [0.29, 0.717) is 18.8 Å². The highest BCUT2D eigenvalue weighted by molar-refractivity contribution is 5.85. The fourth-order valence-corrected chi connectivity index (χ4v) is 2.34. The van der Waals surface area contributed by atoms with Crippen LogP contribution in [0.15, 0.2) is 30.5 Å². The Kier molecular flexibility index (Phi) is 5.98. The third-order valence-corrected chi connectivity index (χ3v) is 3.42. The van der Waals surface area contributed by atoms with Crippen LogP contribution in [-0.4, -0.2) is 29.8 Å².